The maximum absolute atomic E-state index is 14.6. The van der Waals surface area contributed by atoms with Crippen LogP contribution in [0.25, 0.3) is 0 Å². The largest absolute Gasteiger partial charge is 0.416 e. The fourth-order valence-electron chi connectivity index (χ4n) is 5.18. The molecule has 0 saturated carbocycles. The van der Waals surface area contributed by atoms with E-state index in [1.165, 1.54) is 23.1 Å². The molecule has 48 heavy (non-hydrogen) atoms. The van der Waals surface area contributed by atoms with Gasteiger partial charge in [-0.05, 0) is 81.6 Å². The van der Waals surface area contributed by atoms with Crippen molar-refractivity contribution >= 4 is 27.5 Å². The molecule has 1 N–H and O–H groups in total. The molecule has 0 unspecified atom stereocenters. The van der Waals surface area contributed by atoms with Gasteiger partial charge < -0.3 is 10.2 Å². The van der Waals surface area contributed by atoms with E-state index in [2.05, 4.69) is 5.32 Å². The number of anilines is 1. The van der Waals surface area contributed by atoms with Crippen LogP contribution >= 0.6 is 0 Å². The van der Waals surface area contributed by atoms with Crippen molar-refractivity contribution in [3.63, 3.8) is 0 Å². The van der Waals surface area contributed by atoms with E-state index < -0.39 is 51.7 Å². The molecular weight excluding hydrogens is 639 g/mol. The zero-order valence-corrected chi connectivity index (χ0v) is 28.4. The molecular formula is C37H40F3N3O4S. The average Bonchev–Trinajstić information content (AvgIpc) is 3.01. The Labute approximate surface area is 280 Å². The zero-order chi connectivity index (χ0) is 35.3. The Kier molecular flexibility index (Phi) is 11.0. The van der Waals surface area contributed by atoms with E-state index in [0.29, 0.717) is 10.4 Å². The highest BCUT2D eigenvalue weighted by molar-refractivity contribution is 7.92. The predicted octanol–water partition coefficient (Wildman–Crippen LogP) is 7.07. The lowest BCUT2D eigenvalue weighted by molar-refractivity contribution is -0.140. The first-order valence-electron chi connectivity index (χ1n) is 15.4. The molecule has 4 rings (SSSR count). The quantitative estimate of drug-likeness (QED) is 0.184. The first-order valence-corrected chi connectivity index (χ1v) is 16.9. The second kappa shape index (κ2) is 14.6. The van der Waals surface area contributed by atoms with Crippen LogP contribution < -0.4 is 9.62 Å². The smallest absolute Gasteiger partial charge is 0.350 e. The van der Waals surface area contributed by atoms with Gasteiger partial charge >= 0.3 is 6.18 Å². The van der Waals surface area contributed by atoms with Crippen LogP contribution in [-0.2, 0) is 38.8 Å². The Hall–Kier alpha value is -4.64. The standard InChI is InChI=1S/C37H40F3N3O4S/c1-26-18-20-32(21-19-26)48(46,47)43(31-17-11-16-30(23-31)37(38,39)40)25-34(44)42(24-29-15-10-9-12-27(29)2)33(35(45)41-36(3,4)5)22-28-13-7-6-8-14-28/h6-21,23,33H,22,24-25H2,1-5H3,(H,41,45)/t33-/m0/s1. The number of nitrogens with one attached hydrogen (secondary N) is 1. The molecule has 0 heterocycles. The molecule has 0 bridgehead atoms. The number of amides is 2. The number of rotatable bonds is 11. The second-order valence-corrected chi connectivity index (χ2v) is 14.6. The Morgan fingerprint density at radius 2 is 1.44 bits per heavy atom. The maximum atomic E-state index is 14.6. The first kappa shape index (κ1) is 36.2. The summed E-state index contributed by atoms with van der Waals surface area (Å²) >= 11 is 0. The molecule has 0 radical (unpaired) electrons. The molecule has 254 valence electrons. The average molecular weight is 680 g/mol. The lowest BCUT2D eigenvalue weighted by Crippen LogP contribution is -2.56. The summed E-state index contributed by atoms with van der Waals surface area (Å²) in [5.74, 6) is -1.23. The number of halogens is 3. The van der Waals surface area contributed by atoms with E-state index in [9.17, 15) is 31.2 Å². The van der Waals surface area contributed by atoms with Gasteiger partial charge in [0.05, 0.1) is 16.1 Å². The lowest BCUT2D eigenvalue weighted by Gasteiger charge is -2.35. The summed E-state index contributed by atoms with van der Waals surface area (Å²) < 4.78 is 70.4. The summed E-state index contributed by atoms with van der Waals surface area (Å²) in [5.41, 5.74) is 1.02. The van der Waals surface area contributed by atoms with Gasteiger partial charge in [-0.3, -0.25) is 13.9 Å². The minimum absolute atomic E-state index is 0.0540. The molecule has 0 aliphatic carbocycles. The molecule has 2 amide bonds. The van der Waals surface area contributed by atoms with Crippen LogP contribution in [0, 0.1) is 13.8 Å². The fraction of sp³-hybridized carbons (Fsp3) is 0.297. The van der Waals surface area contributed by atoms with Gasteiger partial charge in [0.25, 0.3) is 10.0 Å². The molecule has 0 fully saturated rings. The summed E-state index contributed by atoms with van der Waals surface area (Å²) in [6, 6.07) is 25.0. The van der Waals surface area contributed by atoms with Crippen molar-refractivity contribution < 1.29 is 31.2 Å². The Balaban J connectivity index is 1.87. The van der Waals surface area contributed by atoms with Crippen LogP contribution in [-0.4, -0.2) is 43.3 Å². The van der Waals surface area contributed by atoms with Gasteiger partial charge in [-0.1, -0.05) is 78.4 Å². The van der Waals surface area contributed by atoms with E-state index in [1.807, 2.05) is 76.2 Å². The molecule has 0 aromatic heterocycles. The highest BCUT2D eigenvalue weighted by Crippen LogP contribution is 2.33. The van der Waals surface area contributed by atoms with E-state index in [4.69, 9.17) is 0 Å². The van der Waals surface area contributed by atoms with Crippen LogP contribution in [0.2, 0.25) is 0 Å². The third kappa shape index (κ3) is 9.25. The number of hydrogen-bond acceptors (Lipinski definition) is 4. The second-order valence-electron chi connectivity index (χ2n) is 12.8. The first-order chi connectivity index (χ1) is 22.5. The summed E-state index contributed by atoms with van der Waals surface area (Å²) in [7, 11) is -4.56. The van der Waals surface area contributed by atoms with Crippen LogP contribution in [0.3, 0.4) is 0 Å². The van der Waals surface area contributed by atoms with Crippen molar-refractivity contribution in [2.75, 3.05) is 10.8 Å². The molecule has 1 atom stereocenters. The topological polar surface area (TPSA) is 86.8 Å². The molecule has 0 spiro atoms. The monoisotopic (exact) mass is 679 g/mol. The summed E-state index contributed by atoms with van der Waals surface area (Å²) in [4.78, 5) is 29.7. The van der Waals surface area contributed by atoms with Gasteiger partial charge in [-0.15, -0.1) is 0 Å². The van der Waals surface area contributed by atoms with Crippen LogP contribution in [0.1, 0.15) is 48.6 Å². The summed E-state index contributed by atoms with van der Waals surface area (Å²) in [5, 5.41) is 2.96. The van der Waals surface area contributed by atoms with Crippen molar-refractivity contribution in [1.82, 2.24) is 10.2 Å². The maximum Gasteiger partial charge on any atom is 0.416 e. The van der Waals surface area contributed by atoms with Gasteiger partial charge in [0.2, 0.25) is 11.8 Å². The number of aryl methyl sites for hydroxylation is 2. The van der Waals surface area contributed by atoms with Crippen molar-refractivity contribution in [3.8, 4) is 0 Å². The molecule has 7 nitrogen and oxygen atoms in total. The minimum atomic E-state index is -4.76. The van der Waals surface area contributed by atoms with Gasteiger partial charge in [-0.25, -0.2) is 8.42 Å². The highest BCUT2D eigenvalue weighted by Gasteiger charge is 2.37. The zero-order valence-electron chi connectivity index (χ0n) is 27.6. The number of benzene rings is 4. The third-order valence-corrected chi connectivity index (χ3v) is 9.51. The number of sulfonamides is 1. The van der Waals surface area contributed by atoms with Gasteiger partial charge in [0.15, 0.2) is 0 Å². The normalized spacial score (nSPS) is 12.7. The Morgan fingerprint density at radius 3 is 2.04 bits per heavy atom. The number of alkyl halides is 3. The summed E-state index contributed by atoms with van der Waals surface area (Å²) in [6.45, 7) is 8.13. The number of carbonyl (C=O) groups excluding carboxylic acids is 2. The van der Waals surface area contributed by atoms with E-state index in [0.717, 1.165) is 34.4 Å². The Bertz CT molecular complexity index is 1840. The third-order valence-electron chi connectivity index (χ3n) is 7.72. The van der Waals surface area contributed by atoms with Crippen LogP contribution in [0.4, 0.5) is 18.9 Å². The lowest BCUT2D eigenvalue weighted by atomic mass is 10.00. The van der Waals surface area contributed by atoms with Crippen LogP contribution in [0.15, 0.2) is 108 Å². The van der Waals surface area contributed by atoms with E-state index in [-0.39, 0.29) is 23.5 Å². The molecule has 11 heteroatoms. The molecule has 4 aromatic carbocycles. The summed E-state index contributed by atoms with van der Waals surface area (Å²) in [6.07, 6.45) is -4.66. The van der Waals surface area contributed by atoms with Crippen molar-refractivity contribution in [3.05, 3.63) is 131 Å². The number of nitrogens with zero attached hydrogens (tertiary/aromatic N) is 2. The van der Waals surface area contributed by atoms with Crippen LogP contribution in [0.5, 0.6) is 0 Å². The van der Waals surface area contributed by atoms with E-state index >= 15 is 0 Å². The molecule has 0 aliphatic heterocycles. The fourth-order valence-corrected chi connectivity index (χ4v) is 6.59. The van der Waals surface area contributed by atoms with Gasteiger partial charge in [0.1, 0.15) is 12.6 Å². The van der Waals surface area contributed by atoms with E-state index in [1.54, 1.807) is 25.1 Å². The molecule has 4 aromatic rings. The van der Waals surface area contributed by atoms with Crippen molar-refractivity contribution in [2.45, 2.75) is 70.2 Å². The number of carbonyl (C=O) groups is 2. The molecule has 0 saturated heterocycles. The number of hydrogen-bond donors (Lipinski definition) is 1. The Morgan fingerprint density at radius 1 is 0.812 bits per heavy atom. The molecule has 0 aliphatic rings. The van der Waals surface area contributed by atoms with Gasteiger partial charge in [-0.2, -0.15) is 13.2 Å². The highest BCUT2D eigenvalue weighted by atomic mass is 32.2. The predicted molar refractivity (Wildman–Crippen MR) is 181 cm³/mol. The van der Waals surface area contributed by atoms with Crippen molar-refractivity contribution in [2.24, 2.45) is 0 Å². The SMILES string of the molecule is Cc1ccc(S(=O)(=O)N(CC(=O)N(Cc2ccccc2C)[C@@H](Cc2ccccc2)C(=O)NC(C)(C)C)c2cccc(C(F)(F)F)c2)cc1. The van der Waals surface area contributed by atoms with Gasteiger partial charge in [0, 0.05) is 18.5 Å². The van der Waals surface area contributed by atoms with Crippen molar-refractivity contribution in [1.29, 1.82) is 0 Å². The minimum Gasteiger partial charge on any atom is -0.350 e.